The summed E-state index contributed by atoms with van der Waals surface area (Å²) in [7, 11) is 0. The third kappa shape index (κ3) is 4.24. The summed E-state index contributed by atoms with van der Waals surface area (Å²) in [6, 6.07) is 11.9. The number of nitrogens with zero attached hydrogens (tertiary/aromatic N) is 3. The topological polar surface area (TPSA) is 118 Å². The molecule has 0 bridgehead atoms. The Hall–Kier alpha value is -3.81. The molecular formula is C19H16N4O4. The number of aliphatic carboxylic acids is 1. The van der Waals surface area contributed by atoms with Crippen molar-refractivity contribution in [3.8, 4) is 11.1 Å². The van der Waals surface area contributed by atoms with E-state index in [4.69, 9.17) is 5.11 Å². The molecule has 8 nitrogen and oxygen atoms in total. The number of non-ortho nitro benzene ring substituents is 1. The molecule has 8 heteroatoms. The summed E-state index contributed by atoms with van der Waals surface area (Å²) in [5.74, 6) is -0.325. The van der Waals surface area contributed by atoms with Crippen LogP contribution < -0.4 is 5.32 Å². The Kier molecular flexibility index (Phi) is 5.36. The molecule has 1 heterocycles. The smallest absolute Gasteiger partial charge is 0.303 e. The van der Waals surface area contributed by atoms with Crippen LogP contribution in [0.3, 0.4) is 0 Å². The third-order valence-corrected chi connectivity index (χ3v) is 3.89. The van der Waals surface area contributed by atoms with Crippen molar-refractivity contribution in [2.24, 2.45) is 0 Å². The minimum absolute atomic E-state index is 0.00410. The average Bonchev–Trinajstić information content (AvgIpc) is 2.67. The first-order valence-electron chi connectivity index (χ1n) is 8.18. The van der Waals surface area contributed by atoms with Gasteiger partial charge in [-0.15, -0.1) is 0 Å². The van der Waals surface area contributed by atoms with Gasteiger partial charge in [-0.05, 0) is 29.8 Å². The van der Waals surface area contributed by atoms with Crippen molar-refractivity contribution in [2.45, 2.75) is 12.8 Å². The molecule has 0 saturated carbocycles. The highest BCUT2D eigenvalue weighted by Crippen LogP contribution is 2.33. The number of aromatic nitrogens is 2. The number of nitro groups is 1. The summed E-state index contributed by atoms with van der Waals surface area (Å²) in [5.41, 5.74) is 2.14. The predicted octanol–water partition coefficient (Wildman–Crippen LogP) is 4.00. The molecule has 136 valence electrons. The maximum atomic E-state index is 11.1. The molecule has 0 aliphatic heterocycles. The van der Waals surface area contributed by atoms with Gasteiger partial charge in [-0.25, -0.2) is 9.97 Å². The average molecular weight is 364 g/mol. The van der Waals surface area contributed by atoms with Gasteiger partial charge in [0.05, 0.1) is 15.8 Å². The molecule has 0 saturated heterocycles. The fourth-order valence-corrected chi connectivity index (χ4v) is 2.67. The molecule has 0 unspecified atom stereocenters. The lowest BCUT2D eigenvalue weighted by atomic mass is 10.0. The van der Waals surface area contributed by atoms with Gasteiger partial charge in [-0.2, -0.15) is 0 Å². The molecule has 0 aliphatic rings. The molecule has 3 aromatic rings. The molecular weight excluding hydrogens is 348 g/mol. The molecule has 2 N–H and O–H groups in total. The van der Waals surface area contributed by atoms with Crippen molar-refractivity contribution >= 4 is 28.4 Å². The van der Waals surface area contributed by atoms with Crippen molar-refractivity contribution in [1.29, 1.82) is 0 Å². The maximum Gasteiger partial charge on any atom is 0.303 e. The van der Waals surface area contributed by atoms with Crippen LogP contribution in [-0.2, 0) is 4.79 Å². The fourth-order valence-electron chi connectivity index (χ4n) is 2.67. The van der Waals surface area contributed by atoms with Gasteiger partial charge >= 0.3 is 5.97 Å². The Morgan fingerprint density at radius 2 is 2.04 bits per heavy atom. The number of fused-ring (bicyclic) bond motifs is 1. The van der Waals surface area contributed by atoms with Crippen LogP contribution in [0.2, 0.25) is 0 Å². The van der Waals surface area contributed by atoms with Crippen molar-refractivity contribution in [1.82, 2.24) is 9.97 Å². The van der Waals surface area contributed by atoms with E-state index >= 15 is 0 Å². The van der Waals surface area contributed by atoms with E-state index in [0.29, 0.717) is 23.3 Å². The van der Waals surface area contributed by atoms with Gasteiger partial charge in [-0.1, -0.05) is 30.3 Å². The number of nitrogens with one attached hydrogen (secondary N) is 1. The SMILES string of the molecule is O=C(O)CC/C=C/Nc1ncnc2cccc(-c3cccc([N+](=O)[O-])c3)c12. The number of nitro benzene ring substituents is 1. The second-order valence-corrected chi connectivity index (χ2v) is 5.71. The number of carbonyl (C=O) groups is 1. The first kappa shape index (κ1) is 18.0. The lowest BCUT2D eigenvalue weighted by Gasteiger charge is -2.10. The number of carboxylic acids is 1. The first-order valence-corrected chi connectivity index (χ1v) is 8.18. The summed E-state index contributed by atoms with van der Waals surface area (Å²) < 4.78 is 0. The second-order valence-electron chi connectivity index (χ2n) is 5.71. The molecule has 3 rings (SSSR count). The van der Waals surface area contributed by atoms with Crippen LogP contribution in [0.1, 0.15) is 12.8 Å². The highest BCUT2D eigenvalue weighted by molar-refractivity contribution is 6.02. The van der Waals surface area contributed by atoms with Gasteiger partial charge in [0.2, 0.25) is 0 Å². The molecule has 0 radical (unpaired) electrons. The zero-order valence-corrected chi connectivity index (χ0v) is 14.2. The Labute approximate surface area is 154 Å². The van der Waals surface area contributed by atoms with E-state index in [1.807, 2.05) is 18.2 Å². The number of hydrogen-bond acceptors (Lipinski definition) is 6. The van der Waals surface area contributed by atoms with E-state index < -0.39 is 10.9 Å². The summed E-state index contributed by atoms with van der Waals surface area (Å²) in [4.78, 5) is 29.7. The molecule has 0 aliphatic carbocycles. The van der Waals surface area contributed by atoms with Gasteiger partial charge in [0.25, 0.3) is 5.69 Å². The lowest BCUT2D eigenvalue weighted by molar-refractivity contribution is -0.384. The van der Waals surface area contributed by atoms with Gasteiger partial charge in [0.15, 0.2) is 0 Å². The minimum Gasteiger partial charge on any atom is -0.481 e. The quantitative estimate of drug-likeness (QED) is 0.480. The molecule has 0 amide bonds. The largest absolute Gasteiger partial charge is 0.481 e. The highest BCUT2D eigenvalue weighted by atomic mass is 16.6. The van der Waals surface area contributed by atoms with E-state index in [0.717, 1.165) is 10.9 Å². The van der Waals surface area contributed by atoms with E-state index in [1.165, 1.54) is 18.5 Å². The fraction of sp³-hybridized carbons (Fsp3) is 0.105. The predicted molar refractivity (Wildman–Crippen MR) is 101 cm³/mol. The Balaban J connectivity index is 2.00. The van der Waals surface area contributed by atoms with Crippen LogP contribution in [0.5, 0.6) is 0 Å². The first-order chi connectivity index (χ1) is 13.1. The minimum atomic E-state index is -0.861. The monoisotopic (exact) mass is 364 g/mol. The standard InChI is InChI=1S/C19H16N4O4/c24-17(25)9-1-2-10-20-19-18-15(7-4-8-16(18)21-12-22-19)13-5-3-6-14(11-13)23(26)27/h2-8,10-12H,1,9H2,(H,24,25)(H,20,21,22)/b10-2+. The molecule has 2 aromatic carbocycles. The maximum absolute atomic E-state index is 11.1. The molecule has 27 heavy (non-hydrogen) atoms. The Bertz CT molecular complexity index is 1030. The van der Waals surface area contributed by atoms with Crippen molar-refractivity contribution < 1.29 is 14.8 Å². The van der Waals surface area contributed by atoms with Crippen LogP contribution in [0.4, 0.5) is 11.5 Å². The van der Waals surface area contributed by atoms with Gasteiger partial charge in [-0.3, -0.25) is 14.9 Å². The zero-order valence-electron chi connectivity index (χ0n) is 14.2. The second kappa shape index (κ2) is 8.05. The summed E-state index contributed by atoms with van der Waals surface area (Å²) >= 11 is 0. The molecule has 0 atom stereocenters. The normalized spacial score (nSPS) is 11.0. The third-order valence-electron chi connectivity index (χ3n) is 3.89. The number of hydrogen-bond donors (Lipinski definition) is 2. The van der Waals surface area contributed by atoms with Crippen LogP contribution in [-0.4, -0.2) is 26.0 Å². The van der Waals surface area contributed by atoms with Gasteiger partial charge < -0.3 is 10.4 Å². The highest BCUT2D eigenvalue weighted by Gasteiger charge is 2.13. The van der Waals surface area contributed by atoms with Crippen molar-refractivity contribution in [3.63, 3.8) is 0 Å². The van der Waals surface area contributed by atoms with Gasteiger partial charge in [0.1, 0.15) is 12.1 Å². The summed E-state index contributed by atoms with van der Waals surface area (Å²) in [6.45, 7) is 0. The molecule has 1 aromatic heterocycles. The van der Waals surface area contributed by atoms with Crippen molar-refractivity contribution in [2.75, 3.05) is 5.32 Å². The van der Waals surface area contributed by atoms with E-state index in [2.05, 4.69) is 15.3 Å². The zero-order chi connectivity index (χ0) is 19.2. The number of anilines is 1. The van der Waals surface area contributed by atoms with Crippen molar-refractivity contribution in [3.05, 3.63) is 71.2 Å². The van der Waals surface area contributed by atoms with Crippen LogP contribution in [0, 0.1) is 10.1 Å². The number of carboxylic acid groups (broad SMARTS) is 1. The number of rotatable bonds is 7. The van der Waals surface area contributed by atoms with E-state index in [9.17, 15) is 14.9 Å². The summed E-state index contributed by atoms with van der Waals surface area (Å²) in [5, 5.41) is 23.5. The van der Waals surface area contributed by atoms with Crippen LogP contribution in [0.25, 0.3) is 22.0 Å². The number of allylic oxidation sites excluding steroid dienone is 1. The lowest BCUT2D eigenvalue weighted by Crippen LogP contribution is -1.97. The van der Waals surface area contributed by atoms with Crippen LogP contribution >= 0.6 is 0 Å². The van der Waals surface area contributed by atoms with E-state index in [1.54, 1.807) is 24.4 Å². The molecule has 0 fully saturated rings. The molecule has 0 spiro atoms. The van der Waals surface area contributed by atoms with Gasteiger partial charge in [0, 0.05) is 18.6 Å². The number of benzene rings is 2. The van der Waals surface area contributed by atoms with Crippen LogP contribution in [0.15, 0.2) is 61.1 Å². The summed E-state index contributed by atoms with van der Waals surface area (Å²) in [6.07, 6.45) is 5.20. The Morgan fingerprint density at radius 3 is 2.81 bits per heavy atom. The Morgan fingerprint density at radius 1 is 1.22 bits per heavy atom. The van der Waals surface area contributed by atoms with E-state index in [-0.39, 0.29) is 12.1 Å².